The highest BCUT2D eigenvalue weighted by Gasteiger charge is 2.19. The molecule has 1 aliphatic carbocycles. The lowest BCUT2D eigenvalue weighted by atomic mass is 10.0. The normalized spacial score (nSPS) is 15.9. The number of rotatable bonds is 2. The van der Waals surface area contributed by atoms with Gasteiger partial charge in [-0.25, -0.2) is 4.98 Å². The number of benzene rings is 2. The fraction of sp³-hybridized carbons (Fsp3) is 0.143. The van der Waals surface area contributed by atoms with E-state index in [9.17, 15) is 0 Å². The highest BCUT2D eigenvalue weighted by Crippen LogP contribution is 2.37. The minimum Gasteiger partial charge on any atom is -0.356 e. The molecular formula is C28H22N4. The number of pyridine rings is 1. The second-order valence-electron chi connectivity index (χ2n) is 8.71. The van der Waals surface area contributed by atoms with E-state index in [0.717, 1.165) is 25.0 Å². The number of nitrogens with one attached hydrogen (secondary N) is 1. The van der Waals surface area contributed by atoms with Crippen LogP contribution in [0.3, 0.4) is 0 Å². The van der Waals surface area contributed by atoms with Gasteiger partial charge in [0.25, 0.3) is 0 Å². The van der Waals surface area contributed by atoms with Crippen molar-refractivity contribution in [2.24, 2.45) is 4.99 Å². The molecule has 4 heterocycles. The Kier molecular flexibility index (Phi) is 3.76. The van der Waals surface area contributed by atoms with Crippen LogP contribution < -0.4 is 0 Å². The fourth-order valence-corrected chi connectivity index (χ4v) is 5.31. The zero-order valence-electron chi connectivity index (χ0n) is 17.6. The van der Waals surface area contributed by atoms with Gasteiger partial charge < -0.3 is 9.55 Å². The van der Waals surface area contributed by atoms with Gasteiger partial charge in [0.1, 0.15) is 5.65 Å². The molecule has 0 radical (unpaired) electrons. The topological polar surface area (TPSA) is 46.0 Å². The first-order chi connectivity index (χ1) is 15.9. The van der Waals surface area contributed by atoms with Crippen molar-refractivity contribution in [1.29, 1.82) is 0 Å². The molecule has 4 heteroatoms. The number of hydrogen-bond donors (Lipinski definition) is 1. The molecule has 0 saturated heterocycles. The first-order valence-electron chi connectivity index (χ1n) is 11.2. The van der Waals surface area contributed by atoms with Crippen molar-refractivity contribution in [3.8, 4) is 11.1 Å². The van der Waals surface area contributed by atoms with Gasteiger partial charge in [0.2, 0.25) is 0 Å². The van der Waals surface area contributed by atoms with Crippen LogP contribution in [-0.2, 0) is 6.54 Å². The van der Waals surface area contributed by atoms with E-state index in [1.807, 2.05) is 18.5 Å². The summed E-state index contributed by atoms with van der Waals surface area (Å²) in [5.74, 6) is 0. The molecule has 7 rings (SSSR count). The van der Waals surface area contributed by atoms with Gasteiger partial charge in [-0.3, -0.25) is 4.99 Å². The molecule has 4 nitrogen and oxygen atoms in total. The van der Waals surface area contributed by atoms with Gasteiger partial charge in [0.05, 0.1) is 12.1 Å². The number of hydrogen-bond acceptors (Lipinski definition) is 2. The third-order valence-corrected chi connectivity index (χ3v) is 6.85. The van der Waals surface area contributed by atoms with E-state index in [1.54, 1.807) is 0 Å². The average molecular weight is 415 g/mol. The monoisotopic (exact) mass is 414 g/mol. The summed E-state index contributed by atoms with van der Waals surface area (Å²) in [6.45, 7) is 0.753. The lowest BCUT2D eigenvalue weighted by Gasteiger charge is -2.17. The van der Waals surface area contributed by atoms with Crippen LogP contribution in [-0.4, -0.2) is 20.7 Å². The Morgan fingerprint density at radius 3 is 2.56 bits per heavy atom. The lowest BCUT2D eigenvalue weighted by Crippen LogP contribution is -2.07. The smallest absolute Gasteiger partial charge is 0.141 e. The van der Waals surface area contributed by atoms with E-state index in [0.29, 0.717) is 6.04 Å². The number of aromatic nitrogens is 3. The van der Waals surface area contributed by atoms with Gasteiger partial charge >= 0.3 is 0 Å². The first kappa shape index (κ1) is 17.7. The van der Waals surface area contributed by atoms with Crippen LogP contribution in [0.1, 0.15) is 30.1 Å². The second kappa shape index (κ2) is 6.79. The molecule has 0 saturated carbocycles. The Morgan fingerprint density at radius 2 is 1.69 bits per heavy atom. The molecule has 1 N–H and O–H groups in total. The Labute approximate surface area is 185 Å². The maximum Gasteiger partial charge on any atom is 0.141 e. The molecule has 0 unspecified atom stereocenters. The van der Waals surface area contributed by atoms with Crippen LogP contribution in [0.5, 0.6) is 0 Å². The summed E-state index contributed by atoms with van der Waals surface area (Å²) in [6.07, 6.45) is 14.8. The van der Waals surface area contributed by atoms with Crippen molar-refractivity contribution < 1.29 is 0 Å². The van der Waals surface area contributed by atoms with Crippen LogP contribution in [0.2, 0.25) is 0 Å². The highest BCUT2D eigenvalue weighted by atomic mass is 15.1. The van der Waals surface area contributed by atoms with Crippen molar-refractivity contribution in [3.63, 3.8) is 0 Å². The molecule has 154 valence electrons. The predicted molar refractivity (Wildman–Crippen MR) is 132 cm³/mol. The Bertz CT molecular complexity index is 1600. The first-order valence-corrected chi connectivity index (χ1v) is 11.2. The summed E-state index contributed by atoms with van der Waals surface area (Å²) in [4.78, 5) is 12.7. The third kappa shape index (κ3) is 2.56. The van der Waals surface area contributed by atoms with Crippen LogP contribution >= 0.6 is 0 Å². The minimum absolute atomic E-state index is 0.379. The number of aromatic amines is 1. The maximum atomic E-state index is 4.80. The van der Waals surface area contributed by atoms with Crippen molar-refractivity contribution in [1.82, 2.24) is 14.5 Å². The van der Waals surface area contributed by atoms with E-state index in [1.165, 1.54) is 49.6 Å². The fourth-order valence-electron chi connectivity index (χ4n) is 5.31. The SMILES string of the molecule is C1=CCC(n2c3ccc(-c4ccc5[nH]c6c(c5c4)C=NC6)cc3c3cccnc32)CC=C1. The molecule has 0 spiro atoms. The predicted octanol–water partition coefficient (Wildman–Crippen LogP) is 6.72. The van der Waals surface area contributed by atoms with E-state index in [2.05, 4.69) is 81.3 Å². The van der Waals surface area contributed by atoms with Gasteiger partial charge in [-0.1, -0.05) is 36.4 Å². The molecule has 2 aliphatic rings. The number of fused-ring (bicyclic) bond motifs is 6. The summed E-state index contributed by atoms with van der Waals surface area (Å²) < 4.78 is 2.44. The van der Waals surface area contributed by atoms with Gasteiger partial charge in [-0.05, 0) is 60.4 Å². The van der Waals surface area contributed by atoms with Crippen LogP contribution in [0.25, 0.3) is 44.0 Å². The summed E-state index contributed by atoms with van der Waals surface area (Å²) in [7, 11) is 0. The van der Waals surface area contributed by atoms with Crippen molar-refractivity contribution in [2.45, 2.75) is 25.4 Å². The Hall–Kier alpha value is -3.92. The standard InChI is InChI=1S/C28H22N4/c1-2-4-7-20(6-3-1)32-27-12-10-19(15-23(27)21-8-5-13-30-28(21)32)18-9-11-25-22(14-18)24-16-29-17-26(24)31-25/h1-5,8-16,20,31H,6-7,17H2. The zero-order chi connectivity index (χ0) is 21.1. The molecule has 2 aromatic carbocycles. The Morgan fingerprint density at radius 1 is 0.875 bits per heavy atom. The number of nitrogens with zero attached hydrogens (tertiary/aromatic N) is 3. The minimum atomic E-state index is 0.379. The summed E-state index contributed by atoms with van der Waals surface area (Å²) in [5.41, 5.74) is 8.42. The summed E-state index contributed by atoms with van der Waals surface area (Å²) in [5, 5.41) is 3.74. The quantitative estimate of drug-likeness (QED) is 0.342. The summed E-state index contributed by atoms with van der Waals surface area (Å²) in [6, 6.07) is 18.2. The average Bonchev–Trinajstić information content (AvgIpc) is 3.44. The maximum absolute atomic E-state index is 4.80. The number of aliphatic imine (C=N–C) groups is 1. The third-order valence-electron chi connectivity index (χ3n) is 6.85. The highest BCUT2D eigenvalue weighted by molar-refractivity contribution is 6.09. The Balaban J connectivity index is 1.43. The van der Waals surface area contributed by atoms with E-state index < -0.39 is 0 Å². The number of H-pyrrole nitrogens is 1. The van der Waals surface area contributed by atoms with E-state index in [-0.39, 0.29) is 0 Å². The molecule has 0 fully saturated rings. The van der Waals surface area contributed by atoms with Crippen molar-refractivity contribution >= 4 is 39.1 Å². The largest absolute Gasteiger partial charge is 0.356 e. The van der Waals surface area contributed by atoms with E-state index in [4.69, 9.17) is 4.98 Å². The summed E-state index contributed by atoms with van der Waals surface area (Å²) >= 11 is 0. The molecule has 1 aliphatic heterocycles. The van der Waals surface area contributed by atoms with Gasteiger partial charge in [-0.15, -0.1) is 0 Å². The molecule has 3 aromatic heterocycles. The van der Waals surface area contributed by atoms with Crippen LogP contribution in [0.15, 0.2) is 84.0 Å². The molecule has 0 atom stereocenters. The number of allylic oxidation sites excluding steroid dienone is 4. The van der Waals surface area contributed by atoms with E-state index >= 15 is 0 Å². The molecule has 32 heavy (non-hydrogen) atoms. The van der Waals surface area contributed by atoms with Gasteiger partial charge in [-0.2, -0.15) is 0 Å². The lowest BCUT2D eigenvalue weighted by molar-refractivity contribution is 0.543. The zero-order valence-corrected chi connectivity index (χ0v) is 17.6. The molecule has 0 bridgehead atoms. The van der Waals surface area contributed by atoms with Crippen LogP contribution in [0, 0.1) is 0 Å². The van der Waals surface area contributed by atoms with Gasteiger partial charge in [0.15, 0.2) is 0 Å². The van der Waals surface area contributed by atoms with Crippen molar-refractivity contribution in [2.75, 3.05) is 0 Å². The van der Waals surface area contributed by atoms with Gasteiger partial charge in [0, 0.05) is 51.4 Å². The molecular weight excluding hydrogens is 392 g/mol. The second-order valence-corrected chi connectivity index (χ2v) is 8.71. The van der Waals surface area contributed by atoms with Crippen LogP contribution in [0.4, 0.5) is 0 Å². The molecule has 0 amide bonds. The molecule has 5 aromatic rings. The van der Waals surface area contributed by atoms with Crippen molar-refractivity contribution in [3.05, 3.63) is 90.3 Å².